The Hall–Kier alpha value is -1.98. The van der Waals surface area contributed by atoms with Gasteiger partial charge in [-0.25, -0.2) is 4.79 Å². The lowest BCUT2D eigenvalue weighted by Crippen LogP contribution is -2.06. The second-order valence-corrected chi connectivity index (χ2v) is 2.84. The molecule has 1 aromatic heterocycles. The van der Waals surface area contributed by atoms with Crippen LogP contribution < -0.4 is 0 Å². The molecule has 0 aliphatic rings. The number of esters is 1. The Labute approximate surface area is 86.0 Å². The van der Waals surface area contributed by atoms with E-state index >= 15 is 0 Å². The van der Waals surface area contributed by atoms with E-state index in [9.17, 15) is 14.9 Å². The average molecular weight is 210 g/mol. The first-order valence-electron chi connectivity index (χ1n) is 4.34. The van der Waals surface area contributed by atoms with Crippen LogP contribution in [0.1, 0.15) is 22.8 Å². The summed E-state index contributed by atoms with van der Waals surface area (Å²) >= 11 is 0. The Balaban J connectivity index is 3.01. The predicted octanol–water partition coefficient (Wildman–Crippen LogP) is 1.47. The lowest BCUT2D eigenvalue weighted by Gasteiger charge is -2.01. The molecule has 6 heteroatoms. The third-order valence-electron chi connectivity index (χ3n) is 1.73. The van der Waals surface area contributed by atoms with Gasteiger partial charge < -0.3 is 14.9 Å². The van der Waals surface area contributed by atoms with Gasteiger partial charge in [-0.1, -0.05) is 0 Å². The molecule has 1 heterocycles. The quantitative estimate of drug-likeness (QED) is 0.428. The van der Waals surface area contributed by atoms with Gasteiger partial charge in [-0.2, -0.15) is 0 Å². The van der Waals surface area contributed by atoms with E-state index in [1.807, 2.05) is 0 Å². The average Bonchev–Trinajstić information content (AvgIpc) is 2.17. The Morgan fingerprint density at radius 1 is 1.67 bits per heavy atom. The van der Waals surface area contributed by atoms with Crippen LogP contribution in [0.3, 0.4) is 0 Å². The van der Waals surface area contributed by atoms with Crippen LogP contribution >= 0.6 is 0 Å². The van der Waals surface area contributed by atoms with E-state index in [1.165, 1.54) is 13.0 Å². The first-order valence-corrected chi connectivity index (χ1v) is 4.34. The Bertz CT molecular complexity index is 403. The van der Waals surface area contributed by atoms with Crippen LogP contribution in [0.5, 0.6) is 0 Å². The highest BCUT2D eigenvalue weighted by molar-refractivity contribution is 5.89. The van der Waals surface area contributed by atoms with E-state index in [2.05, 4.69) is 4.98 Å². The lowest BCUT2D eigenvalue weighted by molar-refractivity contribution is -0.390. The zero-order valence-corrected chi connectivity index (χ0v) is 8.39. The van der Waals surface area contributed by atoms with Crippen LogP contribution in [0.2, 0.25) is 0 Å². The van der Waals surface area contributed by atoms with Crippen LogP contribution in [0, 0.1) is 17.0 Å². The first kappa shape index (κ1) is 11.1. The normalized spacial score (nSPS) is 9.73. The van der Waals surface area contributed by atoms with Gasteiger partial charge in [0.25, 0.3) is 0 Å². The highest BCUT2D eigenvalue weighted by atomic mass is 16.6. The topological polar surface area (TPSA) is 82.3 Å². The number of pyridine rings is 1. The molecule has 0 aromatic carbocycles. The highest BCUT2D eigenvalue weighted by Crippen LogP contribution is 2.15. The summed E-state index contributed by atoms with van der Waals surface area (Å²) in [7, 11) is 0. The molecule has 15 heavy (non-hydrogen) atoms. The summed E-state index contributed by atoms with van der Waals surface area (Å²) in [6, 6.07) is 1.39. The number of aryl methyl sites for hydroxylation is 1. The fourth-order valence-electron chi connectivity index (χ4n) is 1.08. The summed E-state index contributed by atoms with van der Waals surface area (Å²) in [6.45, 7) is 3.46. The molecule has 0 amide bonds. The summed E-state index contributed by atoms with van der Waals surface area (Å²) in [5.41, 5.74) is 0.561. The molecule has 0 saturated carbocycles. The molecular weight excluding hydrogens is 200 g/mol. The number of hydrogen-bond donors (Lipinski definition) is 0. The van der Waals surface area contributed by atoms with Crippen molar-refractivity contribution in [1.82, 2.24) is 4.98 Å². The molecule has 0 unspecified atom stereocenters. The molecule has 6 nitrogen and oxygen atoms in total. The van der Waals surface area contributed by atoms with Crippen molar-refractivity contribution in [2.24, 2.45) is 0 Å². The SMILES string of the molecule is CCOC(=O)c1cnc([N+](=O)[O-])c(C)c1. The van der Waals surface area contributed by atoms with Crippen LogP contribution in [0.25, 0.3) is 0 Å². The second-order valence-electron chi connectivity index (χ2n) is 2.84. The van der Waals surface area contributed by atoms with Gasteiger partial charge in [0, 0.05) is 5.56 Å². The van der Waals surface area contributed by atoms with Crippen molar-refractivity contribution in [3.05, 3.63) is 33.5 Å². The molecule has 1 aromatic rings. The predicted molar refractivity (Wildman–Crippen MR) is 51.6 cm³/mol. The summed E-state index contributed by atoms with van der Waals surface area (Å²) in [5.74, 6) is -0.772. The van der Waals surface area contributed by atoms with Gasteiger partial charge >= 0.3 is 11.8 Å². The number of hydrogen-bond acceptors (Lipinski definition) is 5. The van der Waals surface area contributed by atoms with Crippen LogP contribution in [-0.2, 0) is 4.74 Å². The van der Waals surface area contributed by atoms with Crippen molar-refractivity contribution in [3.63, 3.8) is 0 Å². The zero-order chi connectivity index (χ0) is 11.4. The third-order valence-corrected chi connectivity index (χ3v) is 1.73. The van der Waals surface area contributed by atoms with E-state index in [0.29, 0.717) is 5.56 Å². The van der Waals surface area contributed by atoms with E-state index < -0.39 is 10.9 Å². The standard InChI is InChI=1S/C9H10N2O4/c1-3-15-9(12)7-4-6(2)8(10-5-7)11(13)14/h4-5H,3H2,1-2H3. The van der Waals surface area contributed by atoms with Crippen molar-refractivity contribution in [2.45, 2.75) is 13.8 Å². The molecular formula is C9H10N2O4. The van der Waals surface area contributed by atoms with Gasteiger partial charge in [0.05, 0.1) is 6.61 Å². The number of aromatic nitrogens is 1. The third kappa shape index (κ3) is 2.49. The monoisotopic (exact) mass is 210 g/mol. The number of ether oxygens (including phenoxy) is 1. The highest BCUT2D eigenvalue weighted by Gasteiger charge is 2.16. The van der Waals surface area contributed by atoms with Crippen molar-refractivity contribution in [2.75, 3.05) is 6.61 Å². The molecule has 0 aliphatic carbocycles. The number of carbonyl (C=O) groups is 1. The summed E-state index contributed by atoms with van der Waals surface area (Å²) in [6.07, 6.45) is 1.14. The minimum atomic E-state index is -0.593. The van der Waals surface area contributed by atoms with Gasteiger partial charge in [0.1, 0.15) is 5.56 Å². The Morgan fingerprint density at radius 2 is 2.33 bits per heavy atom. The summed E-state index contributed by atoms with van der Waals surface area (Å²) in [5, 5.41) is 10.5. The fourth-order valence-corrected chi connectivity index (χ4v) is 1.08. The minimum Gasteiger partial charge on any atom is -0.462 e. The lowest BCUT2D eigenvalue weighted by atomic mass is 10.2. The van der Waals surface area contributed by atoms with Crippen LogP contribution in [0.15, 0.2) is 12.3 Å². The minimum absolute atomic E-state index is 0.222. The van der Waals surface area contributed by atoms with Crippen LogP contribution in [0.4, 0.5) is 5.82 Å². The summed E-state index contributed by atoms with van der Waals surface area (Å²) < 4.78 is 4.73. The number of rotatable bonds is 3. The van der Waals surface area contributed by atoms with E-state index in [4.69, 9.17) is 4.74 Å². The molecule has 0 fully saturated rings. The number of nitro groups is 1. The summed E-state index contributed by atoms with van der Waals surface area (Å²) in [4.78, 5) is 24.7. The van der Waals surface area contributed by atoms with Crippen molar-refractivity contribution in [1.29, 1.82) is 0 Å². The fraction of sp³-hybridized carbons (Fsp3) is 0.333. The van der Waals surface area contributed by atoms with E-state index in [-0.39, 0.29) is 18.0 Å². The van der Waals surface area contributed by atoms with E-state index in [0.717, 1.165) is 6.20 Å². The maximum Gasteiger partial charge on any atom is 0.366 e. The van der Waals surface area contributed by atoms with Gasteiger partial charge in [-0.05, 0) is 29.8 Å². The smallest absolute Gasteiger partial charge is 0.366 e. The molecule has 80 valence electrons. The number of carbonyl (C=O) groups excluding carboxylic acids is 1. The second kappa shape index (κ2) is 4.50. The largest absolute Gasteiger partial charge is 0.462 e. The van der Waals surface area contributed by atoms with Crippen molar-refractivity contribution >= 4 is 11.8 Å². The molecule has 1 rings (SSSR count). The molecule has 0 N–H and O–H groups in total. The molecule has 0 radical (unpaired) electrons. The molecule has 0 spiro atoms. The van der Waals surface area contributed by atoms with Crippen molar-refractivity contribution < 1.29 is 14.5 Å². The molecule has 0 atom stereocenters. The van der Waals surface area contributed by atoms with Crippen molar-refractivity contribution in [3.8, 4) is 0 Å². The Morgan fingerprint density at radius 3 is 2.80 bits per heavy atom. The maximum absolute atomic E-state index is 11.2. The molecule has 0 saturated heterocycles. The zero-order valence-electron chi connectivity index (χ0n) is 8.39. The first-order chi connectivity index (χ1) is 7.06. The molecule has 0 bridgehead atoms. The number of nitrogens with zero attached hydrogens (tertiary/aromatic N) is 2. The van der Waals surface area contributed by atoms with Gasteiger partial charge in [-0.15, -0.1) is 0 Å². The Kier molecular flexibility index (Phi) is 3.33. The van der Waals surface area contributed by atoms with Gasteiger partial charge in [0.15, 0.2) is 6.20 Å². The molecule has 0 aliphatic heterocycles. The maximum atomic E-state index is 11.2. The van der Waals surface area contributed by atoms with E-state index in [1.54, 1.807) is 6.92 Å². The van der Waals surface area contributed by atoms with Gasteiger partial charge in [0.2, 0.25) is 0 Å². The van der Waals surface area contributed by atoms with Gasteiger partial charge in [-0.3, -0.25) is 0 Å². The van der Waals surface area contributed by atoms with Crippen LogP contribution in [-0.4, -0.2) is 22.5 Å².